The lowest BCUT2D eigenvalue weighted by molar-refractivity contribution is 0.0942. The van der Waals surface area contributed by atoms with Crippen molar-refractivity contribution in [3.8, 4) is 0 Å². The monoisotopic (exact) mass is 324 g/mol. The minimum Gasteiger partial charge on any atom is -0.352 e. The van der Waals surface area contributed by atoms with Crippen LogP contribution in [0.5, 0.6) is 0 Å². The lowest BCUT2D eigenvalue weighted by Gasteiger charge is -2.07. The molecule has 2 amide bonds. The molecule has 0 saturated carbocycles. The maximum atomic E-state index is 12.0. The number of carbonyl (C=O) groups excluding carboxylic acids is 2. The van der Waals surface area contributed by atoms with Gasteiger partial charge in [-0.2, -0.15) is 0 Å². The predicted molar refractivity (Wildman–Crippen MR) is 95.9 cm³/mol. The number of rotatable bonds is 8. The molecule has 0 radical (unpaired) electrons. The summed E-state index contributed by atoms with van der Waals surface area (Å²) in [5, 5.41) is 5.79. The fourth-order valence-electron chi connectivity index (χ4n) is 2.33. The summed E-state index contributed by atoms with van der Waals surface area (Å²) in [6, 6.07) is 16.4. The average Bonchev–Trinajstić information content (AvgIpc) is 2.64. The molecular formula is C20H24N2O2. The van der Waals surface area contributed by atoms with Gasteiger partial charge in [-0.05, 0) is 36.2 Å². The Kier molecular flexibility index (Phi) is 7.02. The lowest BCUT2D eigenvalue weighted by atomic mass is 10.1. The molecule has 0 aliphatic rings. The van der Waals surface area contributed by atoms with Crippen molar-refractivity contribution in [2.45, 2.75) is 32.7 Å². The third kappa shape index (κ3) is 5.54. The van der Waals surface area contributed by atoms with Gasteiger partial charge in [0.25, 0.3) is 11.8 Å². The molecule has 0 heterocycles. The van der Waals surface area contributed by atoms with E-state index in [1.165, 1.54) is 0 Å². The number of hydrogen-bond acceptors (Lipinski definition) is 2. The molecule has 24 heavy (non-hydrogen) atoms. The zero-order chi connectivity index (χ0) is 17.2. The van der Waals surface area contributed by atoms with Crippen LogP contribution in [0, 0.1) is 0 Å². The molecule has 0 saturated heterocycles. The minimum atomic E-state index is -0.103. The zero-order valence-electron chi connectivity index (χ0n) is 14.0. The van der Waals surface area contributed by atoms with Gasteiger partial charge in [-0.15, -0.1) is 0 Å². The second-order valence-corrected chi connectivity index (χ2v) is 5.71. The van der Waals surface area contributed by atoms with Crippen LogP contribution < -0.4 is 10.6 Å². The molecule has 0 aromatic heterocycles. The number of hydrogen-bond donors (Lipinski definition) is 2. The molecule has 126 valence electrons. The molecule has 2 aromatic rings. The van der Waals surface area contributed by atoms with Crippen molar-refractivity contribution < 1.29 is 9.59 Å². The van der Waals surface area contributed by atoms with Crippen molar-refractivity contribution in [2.24, 2.45) is 0 Å². The van der Waals surface area contributed by atoms with Gasteiger partial charge in [-0.3, -0.25) is 9.59 Å². The number of amides is 2. The Hall–Kier alpha value is -2.62. The van der Waals surface area contributed by atoms with E-state index in [1.807, 2.05) is 30.3 Å². The van der Waals surface area contributed by atoms with E-state index in [2.05, 4.69) is 17.6 Å². The summed E-state index contributed by atoms with van der Waals surface area (Å²) in [5.74, 6) is -0.153. The zero-order valence-corrected chi connectivity index (χ0v) is 14.0. The summed E-state index contributed by atoms with van der Waals surface area (Å²) < 4.78 is 0. The Morgan fingerprint density at radius 1 is 0.792 bits per heavy atom. The van der Waals surface area contributed by atoms with E-state index in [0.717, 1.165) is 24.8 Å². The summed E-state index contributed by atoms with van der Waals surface area (Å²) in [6.07, 6.45) is 3.27. The third-order valence-corrected chi connectivity index (χ3v) is 3.77. The lowest BCUT2D eigenvalue weighted by Crippen LogP contribution is -2.25. The van der Waals surface area contributed by atoms with Crippen LogP contribution in [0.3, 0.4) is 0 Å². The topological polar surface area (TPSA) is 58.2 Å². The number of unbranched alkanes of at least 4 members (excludes halogenated alkanes) is 2. The van der Waals surface area contributed by atoms with Crippen LogP contribution >= 0.6 is 0 Å². The quantitative estimate of drug-likeness (QED) is 0.730. The average molecular weight is 324 g/mol. The SMILES string of the molecule is CCCCCNC(=O)c1ccc(CNC(=O)c2ccccc2)cc1. The highest BCUT2D eigenvalue weighted by atomic mass is 16.2. The third-order valence-electron chi connectivity index (χ3n) is 3.77. The van der Waals surface area contributed by atoms with Crippen molar-refractivity contribution in [2.75, 3.05) is 6.54 Å². The van der Waals surface area contributed by atoms with Crippen LogP contribution in [-0.2, 0) is 6.54 Å². The van der Waals surface area contributed by atoms with Crippen LogP contribution in [0.2, 0.25) is 0 Å². The Labute approximate surface area is 143 Å². The number of nitrogens with one attached hydrogen (secondary N) is 2. The van der Waals surface area contributed by atoms with Crippen LogP contribution in [0.1, 0.15) is 52.5 Å². The number of benzene rings is 2. The highest BCUT2D eigenvalue weighted by molar-refractivity contribution is 5.94. The van der Waals surface area contributed by atoms with Gasteiger partial charge in [0, 0.05) is 24.2 Å². The van der Waals surface area contributed by atoms with Gasteiger partial charge in [0.2, 0.25) is 0 Å². The number of carbonyl (C=O) groups is 2. The van der Waals surface area contributed by atoms with Crippen molar-refractivity contribution >= 4 is 11.8 Å². The van der Waals surface area contributed by atoms with Crippen LogP contribution in [0.15, 0.2) is 54.6 Å². The first-order valence-electron chi connectivity index (χ1n) is 8.41. The van der Waals surface area contributed by atoms with Crippen LogP contribution in [-0.4, -0.2) is 18.4 Å². The highest BCUT2D eigenvalue weighted by Crippen LogP contribution is 2.06. The minimum absolute atomic E-state index is 0.0500. The summed E-state index contributed by atoms with van der Waals surface area (Å²) in [6.45, 7) is 3.28. The molecule has 0 aliphatic carbocycles. The Bertz CT molecular complexity index is 651. The molecule has 2 rings (SSSR count). The maximum absolute atomic E-state index is 12.0. The standard InChI is InChI=1S/C20H24N2O2/c1-2-3-7-14-21-19(23)18-12-10-16(11-13-18)15-22-20(24)17-8-5-4-6-9-17/h4-6,8-13H,2-3,7,14-15H2,1H3,(H,21,23)(H,22,24). The van der Waals surface area contributed by atoms with E-state index in [-0.39, 0.29) is 11.8 Å². The second kappa shape index (κ2) is 9.50. The van der Waals surface area contributed by atoms with Gasteiger partial charge in [0.05, 0.1) is 0 Å². The van der Waals surface area contributed by atoms with Gasteiger partial charge >= 0.3 is 0 Å². The van der Waals surface area contributed by atoms with Crippen LogP contribution in [0.4, 0.5) is 0 Å². The van der Waals surface area contributed by atoms with Gasteiger partial charge in [0.15, 0.2) is 0 Å². The van der Waals surface area contributed by atoms with E-state index < -0.39 is 0 Å². The highest BCUT2D eigenvalue weighted by Gasteiger charge is 2.06. The van der Waals surface area contributed by atoms with Gasteiger partial charge in [-0.25, -0.2) is 0 Å². The molecule has 0 unspecified atom stereocenters. The van der Waals surface area contributed by atoms with Gasteiger partial charge < -0.3 is 10.6 Å². The smallest absolute Gasteiger partial charge is 0.251 e. The maximum Gasteiger partial charge on any atom is 0.251 e. The van der Waals surface area contributed by atoms with Crippen molar-refractivity contribution in [1.29, 1.82) is 0 Å². The van der Waals surface area contributed by atoms with Crippen LogP contribution in [0.25, 0.3) is 0 Å². The van der Waals surface area contributed by atoms with E-state index >= 15 is 0 Å². The Morgan fingerprint density at radius 3 is 2.08 bits per heavy atom. The van der Waals surface area contributed by atoms with Gasteiger partial charge in [0.1, 0.15) is 0 Å². The first-order valence-corrected chi connectivity index (χ1v) is 8.41. The molecule has 0 spiro atoms. The summed E-state index contributed by atoms with van der Waals surface area (Å²) in [4.78, 5) is 24.0. The summed E-state index contributed by atoms with van der Waals surface area (Å²) in [5.41, 5.74) is 2.24. The Balaban J connectivity index is 1.81. The molecule has 2 N–H and O–H groups in total. The normalized spacial score (nSPS) is 10.2. The predicted octanol–water partition coefficient (Wildman–Crippen LogP) is 3.54. The van der Waals surface area contributed by atoms with E-state index in [4.69, 9.17) is 0 Å². The molecule has 4 nitrogen and oxygen atoms in total. The van der Waals surface area contributed by atoms with Crippen molar-refractivity contribution in [3.05, 3.63) is 71.3 Å². The first-order chi connectivity index (χ1) is 11.7. The summed E-state index contributed by atoms with van der Waals surface area (Å²) >= 11 is 0. The second-order valence-electron chi connectivity index (χ2n) is 5.71. The fourth-order valence-corrected chi connectivity index (χ4v) is 2.33. The molecule has 0 aliphatic heterocycles. The molecular weight excluding hydrogens is 300 g/mol. The molecule has 4 heteroatoms. The molecule has 0 fully saturated rings. The first kappa shape index (κ1) is 17.7. The van der Waals surface area contributed by atoms with Crippen molar-refractivity contribution in [1.82, 2.24) is 10.6 Å². The van der Waals surface area contributed by atoms with E-state index in [9.17, 15) is 9.59 Å². The van der Waals surface area contributed by atoms with E-state index in [1.54, 1.807) is 24.3 Å². The van der Waals surface area contributed by atoms with Gasteiger partial charge in [-0.1, -0.05) is 50.1 Å². The molecule has 0 atom stereocenters. The van der Waals surface area contributed by atoms with Crippen molar-refractivity contribution in [3.63, 3.8) is 0 Å². The largest absolute Gasteiger partial charge is 0.352 e. The van der Waals surface area contributed by atoms with E-state index in [0.29, 0.717) is 24.2 Å². The molecule has 2 aromatic carbocycles. The summed E-state index contributed by atoms with van der Waals surface area (Å²) in [7, 11) is 0. The fraction of sp³-hybridized carbons (Fsp3) is 0.300. The molecule has 0 bridgehead atoms. The Morgan fingerprint density at radius 2 is 1.42 bits per heavy atom.